The predicted molar refractivity (Wildman–Crippen MR) is 151 cm³/mol. The summed E-state index contributed by atoms with van der Waals surface area (Å²) in [5, 5.41) is 5.56. The van der Waals surface area contributed by atoms with Crippen LogP contribution >= 0.6 is 0 Å². The van der Waals surface area contributed by atoms with Crippen molar-refractivity contribution >= 4 is 33.2 Å². The molecule has 0 aliphatic carbocycles. The zero-order chi connectivity index (χ0) is 27.7. The van der Waals surface area contributed by atoms with Crippen molar-refractivity contribution in [2.24, 2.45) is 0 Å². The summed E-state index contributed by atoms with van der Waals surface area (Å²) in [6.07, 6.45) is 0. The van der Waals surface area contributed by atoms with E-state index in [9.17, 15) is 18.0 Å². The number of sulfonamides is 1. The van der Waals surface area contributed by atoms with Crippen LogP contribution in [-0.2, 0) is 21.4 Å². The Morgan fingerprint density at radius 1 is 0.795 bits per heavy atom. The van der Waals surface area contributed by atoms with Gasteiger partial charge in [0, 0.05) is 6.54 Å². The van der Waals surface area contributed by atoms with E-state index in [0.717, 1.165) is 9.87 Å². The van der Waals surface area contributed by atoms with Gasteiger partial charge in [0.1, 0.15) is 12.3 Å². The Kier molecular flexibility index (Phi) is 8.96. The lowest BCUT2D eigenvalue weighted by Gasteiger charge is -2.24. The van der Waals surface area contributed by atoms with Crippen LogP contribution in [0.15, 0.2) is 114 Å². The quantitative estimate of drug-likeness (QED) is 0.281. The van der Waals surface area contributed by atoms with Crippen LogP contribution in [0.25, 0.3) is 0 Å². The molecule has 0 bridgehead atoms. The Labute approximate surface area is 228 Å². The first-order valence-electron chi connectivity index (χ1n) is 12.4. The minimum atomic E-state index is -4.08. The second-order valence-corrected chi connectivity index (χ2v) is 10.4. The van der Waals surface area contributed by atoms with Gasteiger partial charge in [0.15, 0.2) is 0 Å². The first-order chi connectivity index (χ1) is 18.9. The van der Waals surface area contributed by atoms with Crippen molar-refractivity contribution in [1.82, 2.24) is 5.32 Å². The maximum Gasteiger partial charge on any atom is 0.264 e. The van der Waals surface area contributed by atoms with E-state index >= 15 is 0 Å². The second-order valence-electron chi connectivity index (χ2n) is 8.51. The molecule has 0 heterocycles. The van der Waals surface area contributed by atoms with Crippen LogP contribution in [0.2, 0.25) is 0 Å². The average molecular weight is 544 g/mol. The number of carbonyl (C=O) groups is 2. The maximum absolute atomic E-state index is 13.6. The van der Waals surface area contributed by atoms with Gasteiger partial charge in [-0.15, -0.1) is 0 Å². The number of anilines is 2. The molecule has 8 nitrogen and oxygen atoms in total. The molecule has 0 aromatic heterocycles. The molecule has 0 atom stereocenters. The molecule has 2 N–H and O–H groups in total. The van der Waals surface area contributed by atoms with Gasteiger partial charge >= 0.3 is 0 Å². The van der Waals surface area contributed by atoms with Gasteiger partial charge in [-0.25, -0.2) is 8.42 Å². The summed E-state index contributed by atoms with van der Waals surface area (Å²) in [4.78, 5) is 26.2. The number of benzene rings is 4. The van der Waals surface area contributed by atoms with Crippen LogP contribution < -0.4 is 19.7 Å². The number of nitrogens with one attached hydrogen (secondary N) is 2. The number of para-hydroxylation sites is 1. The standard InChI is InChI=1S/C30H29N3O5S/c1-2-38-25-19-17-24(18-20-25)33(39(36,37)26-13-7-4-8-14-26)22-29(34)32-28-16-10-9-15-27(28)30(35)31-21-23-11-5-3-6-12-23/h3-20H,2,21-22H2,1H3,(H,31,35)(H,32,34). The highest BCUT2D eigenvalue weighted by Gasteiger charge is 2.27. The van der Waals surface area contributed by atoms with Crippen molar-refractivity contribution in [2.45, 2.75) is 18.4 Å². The molecule has 0 unspecified atom stereocenters. The maximum atomic E-state index is 13.6. The summed E-state index contributed by atoms with van der Waals surface area (Å²) in [5.41, 5.74) is 1.77. The summed E-state index contributed by atoms with van der Waals surface area (Å²) in [6.45, 7) is 2.13. The monoisotopic (exact) mass is 543 g/mol. The van der Waals surface area contributed by atoms with E-state index in [4.69, 9.17) is 4.74 Å². The zero-order valence-corrected chi connectivity index (χ0v) is 22.2. The van der Waals surface area contributed by atoms with Gasteiger partial charge in [-0.2, -0.15) is 0 Å². The van der Waals surface area contributed by atoms with Gasteiger partial charge in [0.25, 0.3) is 15.9 Å². The molecular formula is C30H29N3O5S. The van der Waals surface area contributed by atoms with Crippen molar-refractivity contribution in [3.8, 4) is 5.75 Å². The van der Waals surface area contributed by atoms with Gasteiger partial charge in [-0.3, -0.25) is 13.9 Å². The molecule has 0 radical (unpaired) electrons. The van der Waals surface area contributed by atoms with Crippen LogP contribution in [0, 0.1) is 0 Å². The second kappa shape index (κ2) is 12.7. The van der Waals surface area contributed by atoms with Crippen molar-refractivity contribution in [2.75, 3.05) is 22.8 Å². The summed E-state index contributed by atoms with van der Waals surface area (Å²) in [7, 11) is -4.08. The van der Waals surface area contributed by atoms with Crippen LogP contribution in [-0.4, -0.2) is 33.4 Å². The van der Waals surface area contributed by atoms with Crippen molar-refractivity contribution in [3.63, 3.8) is 0 Å². The molecule has 0 saturated heterocycles. The molecule has 200 valence electrons. The van der Waals surface area contributed by atoms with E-state index in [1.807, 2.05) is 37.3 Å². The number of hydrogen-bond donors (Lipinski definition) is 2. The fourth-order valence-corrected chi connectivity index (χ4v) is 5.34. The third-order valence-corrected chi connectivity index (χ3v) is 7.58. The molecule has 2 amide bonds. The summed E-state index contributed by atoms with van der Waals surface area (Å²) < 4.78 is 33.7. The van der Waals surface area contributed by atoms with Gasteiger partial charge in [0.2, 0.25) is 5.91 Å². The molecule has 4 aromatic rings. The summed E-state index contributed by atoms with van der Waals surface area (Å²) in [6, 6.07) is 30.4. The smallest absolute Gasteiger partial charge is 0.264 e. The minimum absolute atomic E-state index is 0.0485. The Bertz CT molecular complexity index is 1510. The molecule has 39 heavy (non-hydrogen) atoms. The SMILES string of the molecule is CCOc1ccc(N(CC(=O)Nc2ccccc2C(=O)NCc2ccccc2)S(=O)(=O)c2ccccc2)cc1. The molecule has 4 aromatic carbocycles. The number of nitrogens with zero attached hydrogens (tertiary/aromatic N) is 1. The lowest BCUT2D eigenvalue weighted by Crippen LogP contribution is -2.38. The largest absolute Gasteiger partial charge is 0.494 e. The lowest BCUT2D eigenvalue weighted by atomic mass is 10.1. The summed E-state index contributed by atoms with van der Waals surface area (Å²) in [5.74, 6) is -0.389. The molecule has 0 fully saturated rings. The van der Waals surface area contributed by atoms with E-state index in [-0.39, 0.29) is 22.1 Å². The fourth-order valence-electron chi connectivity index (χ4n) is 3.89. The lowest BCUT2D eigenvalue weighted by molar-refractivity contribution is -0.114. The van der Waals surface area contributed by atoms with E-state index in [1.165, 1.54) is 12.1 Å². The number of rotatable bonds is 11. The van der Waals surface area contributed by atoms with Crippen LogP contribution in [0.5, 0.6) is 5.75 Å². The van der Waals surface area contributed by atoms with Gasteiger partial charge in [0.05, 0.1) is 28.4 Å². The van der Waals surface area contributed by atoms with Crippen molar-refractivity contribution in [1.29, 1.82) is 0 Å². The van der Waals surface area contributed by atoms with E-state index in [2.05, 4.69) is 10.6 Å². The van der Waals surface area contributed by atoms with E-state index < -0.39 is 22.5 Å². The molecular weight excluding hydrogens is 514 g/mol. The molecule has 0 aliphatic heterocycles. The predicted octanol–water partition coefficient (Wildman–Crippen LogP) is 4.85. The average Bonchev–Trinajstić information content (AvgIpc) is 2.96. The van der Waals surface area contributed by atoms with Crippen LogP contribution in [0.3, 0.4) is 0 Å². The van der Waals surface area contributed by atoms with E-state index in [0.29, 0.717) is 24.6 Å². The van der Waals surface area contributed by atoms with Gasteiger partial charge in [-0.05, 0) is 61.0 Å². The van der Waals surface area contributed by atoms with Crippen molar-refractivity contribution in [3.05, 3.63) is 120 Å². The third kappa shape index (κ3) is 7.03. The number of hydrogen-bond acceptors (Lipinski definition) is 5. The van der Waals surface area contributed by atoms with Gasteiger partial charge in [-0.1, -0.05) is 60.7 Å². The molecule has 0 spiro atoms. The highest BCUT2D eigenvalue weighted by atomic mass is 32.2. The first kappa shape index (κ1) is 27.4. The molecule has 4 rings (SSSR count). The van der Waals surface area contributed by atoms with Crippen molar-refractivity contribution < 1.29 is 22.7 Å². The highest BCUT2D eigenvalue weighted by molar-refractivity contribution is 7.92. The molecule has 0 aliphatic rings. The minimum Gasteiger partial charge on any atom is -0.494 e. The first-order valence-corrected chi connectivity index (χ1v) is 13.8. The number of carbonyl (C=O) groups excluding carboxylic acids is 2. The number of ether oxygens (including phenoxy) is 1. The Balaban J connectivity index is 1.56. The van der Waals surface area contributed by atoms with Gasteiger partial charge < -0.3 is 15.4 Å². The topological polar surface area (TPSA) is 105 Å². The normalized spacial score (nSPS) is 10.9. The third-order valence-electron chi connectivity index (χ3n) is 5.80. The Hall–Kier alpha value is -4.63. The molecule has 9 heteroatoms. The highest BCUT2D eigenvalue weighted by Crippen LogP contribution is 2.26. The van der Waals surface area contributed by atoms with Crippen LogP contribution in [0.4, 0.5) is 11.4 Å². The number of amides is 2. The van der Waals surface area contributed by atoms with E-state index in [1.54, 1.807) is 66.7 Å². The molecule has 0 saturated carbocycles. The zero-order valence-electron chi connectivity index (χ0n) is 21.4. The Morgan fingerprint density at radius 2 is 1.41 bits per heavy atom. The fraction of sp³-hybridized carbons (Fsp3) is 0.133. The summed E-state index contributed by atoms with van der Waals surface area (Å²) >= 11 is 0. The van der Waals surface area contributed by atoms with Crippen LogP contribution in [0.1, 0.15) is 22.8 Å². The Morgan fingerprint density at radius 3 is 2.08 bits per heavy atom.